The fraction of sp³-hybridized carbons (Fsp3) is 0.0909. The van der Waals surface area contributed by atoms with Crippen LogP contribution in [0.5, 0.6) is 0 Å². The van der Waals surface area contributed by atoms with E-state index >= 15 is 0 Å². The van der Waals surface area contributed by atoms with Crippen molar-refractivity contribution >= 4 is 17.4 Å². The number of pyridine rings is 1. The van der Waals surface area contributed by atoms with E-state index in [0.29, 0.717) is 10.6 Å². The number of nitrogens with zero attached hydrogens (tertiary/aromatic N) is 3. The van der Waals surface area contributed by atoms with Crippen molar-refractivity contribution in [3.63, 3.8) is 0 Å². The van der Waals surface area contributed by atoms with Crippen molar-refractivity contribution in [2.24, 2.45) is 0 Å². The minimum absolute atomic E-state index is 0.0389. The Kier molecular flexibility index (Phi) is 3.22. The molecule has 0 atom stereocenters. The van der Waals surface area contributed by atoms with Gasteiger partial charge in [0.25, 0.3) is 0 Å². The number of ketones is 1. The van der Waals surface area contributed by atoms with Gasteiger partial charge in [0.2, 0.25) is 0 Å². The van der Waals surface area contributed by atoms with E-state index in [-0.39, 0.29) is 12.2 Å². The molecule has 0 aliphatic heterocycles. The van der Waals surface area contributed by atoms with E-state index in [2.05, 4.69) is 15.2 Å². The summed E-state index contributed by atoms with van der Waals surface area (Å²) in [4.78, 5) is 15.7. The summed E-state index contributed by atoms with van der Waals surface area (Å²) in [7, 11) is 0. The molecule has 0 saturated carbocycles. The molecule has 2 aromatic rings. The Balaban J connectivity index is 2.18. The zero-order valence-electron chi connectivity index (χ0n) is 8.30. The van der Waals surface area contributed by atoms with E-state index in [1.165, 1.54) is 18.6 Å². The van der Waals surface area contributed by atoms with Crippen molar-refractivity contribution in [3.8, 4) is 0 Å². The van der Waals surface area contributed by atoms with E-state index < -0.39 is 0 Å². The van der Waals surface area contributed by atoms with E-state index in [1.54, 1.807) is 18.3 Å². The Morgan fingerprint density at radius 2 is 2.06 bits per heavy atom. The Morgan fingerprint density at radius 3 is 2.75 bits per heavy atom. The van der Waals surface area contributed by atoms with Crippen molar-refractivity contribution in [3.05, 3.63) is 53.1 Å². The highest BCUT2D eigenvalue weighted by atomic mass is 35.5. The zero-order chi connectivity index (χ0) is 11.4. The topological polar surface area (TPSA) is 55.7 Å². The largest absolute Gasteiger partial charge is 0.294 e. The SMILES string of the molecule is O=C(Cc1ccncc1Cl)c1ccnnc1. The monoisotopic (exact) mass is 233 g/mol. The summed E-state index contributed by atoms with van der Waals surface area (Å²) in [5, 5.41) is 7.77. The first-order valence-corrected chi connectivity index (χ1v) is 5.03. The molecule has 0 fully saturated rings. The van der Waals surface area contributed by atoms with Crippen molar-refractivity contribution in [2.75, 3.05) is 0 Å². The second kappa shape index (κ2) is 4.81. The van der Waals surface area contributed by atoms with Gasteiger partial charge in [0.05, 0.1) is 17.4 Å². The number of halogens is 1. The van der Waals surface area contributed by atoms with Crippen molar-refractivity contribution in [2.45, 2.75) is 6.42 Å². The number of hydrogen-bond acceptors (Lipinski definition) is 4. The third-order valence-corrected chi connectivity index (χ3v) is 2.45. The smallest absolute Gasteiger partial charge is 0.168 e. The molecule has 16 heavy (non-hydrogen) atoms. The van der Waals surface area contributed by atoms with Gasteiger partial charge >= 0.3 is 0 Å². The first-order valence-electron chi connectivity index (χ1n) is 4.65. The predicted octanol–water partition coefficient (Wildman–Crippen LogP) is 1.95. The molecule has 0 aliphatic carbocycles. The minimum atomic E-state index is -0.0389. The highest BCUT2D eigenvalue weighted by Gasteiger charge is 2.09. The summed E-state index contributed by atoms with van der Waals surface area (Å²) in [5.41, 5.74) is 1.29. The van der Waals surface area contributed by atoms with Crippen LogP contribution in [0.15, 0.2) is 36.9 Å². The molecule has 0 amide bonds. The fourth-order valence-corrected chi connectivity index (χ4v) is 1.46. The molecule has 0 saturated heterocycles. The van der Waals surface area contributed by atoms with Crippen LogP contribution in [0.3, 0.4) is 0 Å². The van der Waals surface area contributed by atoms with Gasteiger partial charge in [-0.3, -0.25) is 9.78 Å². The number of Topliss-reactive ketones (excluding diaryl/α,β-unsaturated/α-hetero) is 1. The van der Waals surface area contributed by atoms with Gasteiger partial charge in [0, 0.05) is 24.4 Å². The molecule has 0 aromatic carbocycles. The van der Waals surface area contributed by atoms with E-state index in [1.807, 2.05) is 0 Å². The van der Waals surface area contributed by atoms with Crippen LogP contribution in [-0.4, -0.2) is 21.0 Å². The number of aromatic nitrogens is 3. The van der Waals surface area contributed by atoms with Crippen LogP contribution >= 0.6 is 11.6 Å². The highest BCUT2D eigenvalue weighted by molar-refractivity contribution is 6.31. The minimum Gasteiger partial charge on any atom is -0.294 e. The van der Waals surface area contributed by atoms with E-state index in [9.17, 15) is 4.79 Å². The van der Waals surface area contributed by atoms with Gasteiger partial charge in [-0.2, -0.15) is 10.2 Å². The van der Waals surface area contributed by atoms with Crippen molar-refractivity contribution < 1.29 is 4.79 Å². The lowest BCUT2D eigenvalue weighted by Gasteiger charge is -2.02. The molecule has 0 radical (unpaired) electrons. The van der Waals surface area contributed by atoms with Crippen LogP contribution in [-0.2, 0) is 6.42 Å². The average Bonchev–Trinajstić information content (AvgIpc) is 2.33. The average molecular weight is 234 g/mol. The van der Waals surface area contributed by atoms with Gasteiger partial charge in [-0.05, 0) is 17.7 Å². The molecule has 0 N–H and O–H groups in total. The summed E-state index contributed by atoms with van der Waals surface area (Å²) < 4.78 is 0. The maximum atomic E-state index is 11.8. The normalized spacial score (nSPS) is 10.1. The van der Waals surface area contributed by atoms with E-state index in [0.717, 1.165) is 5.56 Å². The molecular weight excluding hydrogens is 226 g/mol. The highest BCUT2D eigenvalue weighted by Crippen LogP contribution is 2.15. The van der Waals surface area contributed by atoms with Crippen LogP contribution in [0.2, 0.25) is 5.02 Å². The summed E-state index contributed by atoms with van der Waals surface area (Å²) >= 11 is 5.91. The van der Waals surface area contributed by atoms with Gasteiger partial charge in [-0.1, -0.05) is 11.6 Å². The van der Waals surface area contributed by atoms with Gasteiger partial charge in [-0.15, -0.1) is 0 Å². The quantitative estimate of drug-likeness (QED) is 0.761. The molecule has 0 bridgehead atoms. The third-order valence-electron chi connectivity index (χ3n) is 2.11. The second-order valence-corrected chi connectivity index (χ2v) is 3.61. The van der Waals surface area contributed by atoms with Crippen LogP contribution in [0.1, 0.15) is 15.9 Å². The van der Waals surface area contributed by atoms with Crippen LogP contribution in [0.25, 0.3) is 0 Å². The Hall–Kier alpha value is -1.81. The van der Waals surface area contributed by atoms with Crippen molar-refractivity contribution in [1.29, 1.82) is 0 Å². The number of rotatable bonds is 3. The maximum Gasteiger partial charge on any atom is 0.168 e. The van der Waals surface area contributed by atoms with Gasteiger partial charge in [-0.25, -0.2) is 0 Å². The van der Waals surface area contributed by atoms with Gasteiger partial charge < -0.3 is 0 Å². The molecule has 80 valence electrons. The number of carbonyl (C=O) groups excluding carboxylic acids is 1. The summed E-state index contributed by atoms with van der Waals surface area (Å²) in [6.07, 6.45) is 6.31. The lowest BCUT2D eigenvalue weighted by molar-refractivity contribution is 0.0992. The van der Waals surface area contributed by atoms with E-state index in [4.69, 9.17) is 11.6 Å². The fourth-order valence-electron chi connectivity index (χ4n) is 1.28. The molecule has 2 rings (SSSR count). The lowest BCUT2D eigenvalue weighted by atomic mass is 10.1. The first-order chi connectivity index (χ1) is 7.77. The molecule has 0 unspecified atom stereocenters. The standard InChI is InChI=1S/C11H8ClN3O/c12-10-7-13-3-1-8(10)5-11(16)9-2-4-14-15-6-9/h1-4,6-7H,5H2. The molecule has 0 spiro atoms. The van der Waals surface area contributed by atoms with Crippen molar-refractivity contribution in [1.82, 2.24) is 15.2 Å². The lowest BCUT2D eigenvalue weighted by Crippen LogP contribution is -2.04. The maximum absolute atomic E-state index is 11.8. The Labute approximate surface area is 97.3 Å². The second-order valence-electron chi connectivity index (χ2n) is 3.20. The molecule has 0 aliphatic rings. The number of hydrogen-bond donors (Lipinski definition) is 0. The Bertz CT molecular complexity index is 502. The van der Waals surface area contributed by atoms with Gasteiger partial charge in [0.15, 0.2) is 5.78 Å². The first kappa shape index (κ1) is 10.7. The van der Waals surface area contributed by atoms with Crippen LogP contribution in [0, 0.1) is 0 Å². The molecule has 2 heterocycles. The summed E-state index contributed by atoms with van der Waals surface area (Å²) in [6, 6.07) is 3.36. The predicted molar refractivity (Wildman–Crippen MR) is 59.3 cm³/mol. The summed E-state index contributed by atoms with van der Waals surface area (Å²) in [5.74, 6) is -0.0389. The molecular formula is C11H8ClN3O. The molecule has 4 nitrogen and oxygen atoms in total. The van der Waals surface area contributed by atoms with Gasteiger partial charge in [0.1, 0.15) is 0 Å². The summed E-state index contributed by atoms with van der Waals surface area (Å²) in [6.45, 7) is 0. The number of carbonyl (C=O) groups is 1. The molecule has 2 aromatic heterocycles. The molecule has 5 heteroatoms. The van der Waals surface area contributed by atoms with Crippen LogP contribution < -0.4 is 0 Å². The zero-order valence-corrected chi connectivity index (χ0v) is 9.05. The third kappa shape index (κ3) is 2.41. The Morgan fingerprint density at radius 1 is 1.19 bits per heavy atom. The van der Waals surface area contributed by atoms with Crippen LogP contribution in [0.4, 0.5) is 0 Å².